The number of para-hydroxylation sites is 1. The minimum Gasteiger partial charge on any atom is -0.492 e. The normalized spacial score (nSPS) is 9.95. The third-order valence-electron chi connectivity index (χ3n) is 2.79. The van der Waals surface area contributed by atoms with Crippen molar-refractivity contribution in [3.8, 4) is 5.75 Å². The predicted molar refractivity (Wildman–Crippen MR) is 75.4 cm³/mol. The van der Waals surface area contributed by atoms with Crippen LogP contribution in [0.5, 0.6) is 5.75 Å². The van der Waals surface area contributed by atoms with Crippen molar-refractivity contribution in [3.63, 3.8) is 0 Å². The molecule has 0 saturated carbocycles. The Morgan fingerprint density at radius 3 is 2.47 bits per heavy atom. The highest BCUT2D eigenvalue weighted by atomic mass is 16.5. The monoisotopic (exact) mass is 255 g/mol. The van der Waals surface area contributed by atoms with Gasteiger partial charge >= 0.3 is 0 Å². The number of nitrogens with one attached hydrogen (secondary N) is 1. The minimum absolute atomic E-state index is 0.0604. The number of hydrogen-bond donors (Lipinski definition) is 1. The number of benzene rings is 2. The fraction of sp³-hybridized carbons (Fsp3) is 0.188. The van der Waals surface area contributed by atoms with Gasteiger partial charge in [-0.2, -0.15) is 0 Å². The van der Waals surface area contributed by atoms with Crippen molar-refractivity contribution in [2.45, 2.75) is 6.92 Å². The molecular weight excluding hydrogens is 238 g/mol. The summed E-state index contributed by atoms with van der Waals surface area (Å²) in [4.78, 5) is 11.9. The molecule has 0 aliphatic carbocycles. The lowest BCUT2D eigenvalue weighted by atomic mass is 10.1. The lowest BCUT2D eigenvalue weighted by Gasteiger charge is -2.09. The van der Waals surface area contributed by atoms with E-state index in [0.717, 1.165) is 11.3 Å². The van der Waals surface area contributed by atoms with Crippen molar-refractivity contribution < 1.29 is 9.53 Å². The molecule has 1 amide bonds. The Hall–Kier alpha value is -2.29. The first-order valence-electron chi connectivity index (χ1n) is 6.29. The van der Waals surface area contributed by atoms with Crippen LogP contribution in [0.3, 0.4) is 0 Å². The van der Waals surface area contributed by atoms with E-state index in [1.54, 1.807) is 0 Å². The molecule has 0 radical (unpaired) electrons. The molecule has 0 atom stereocenters. The second-order valence-electron chi connectivity index (χ2n) is 4.23. The summed E-state index contributed by atoms with van der Waals surface area (Å²) in [5.41, 5.74) is 1.69. The highest BCUT2D eigenvalue weighted by Crippen LogP contribution is 2.08. The van der Waals surface area contributed by atoms with Crippen LogP contribution in [0.1, 0.15) is 15.9 Å². The number of amides is 1. The Kier molecular flexibility index (Phi) is 4.56. The van der Waals surface area contributed by atoms with Gasteiger partial charge in [-0.3, -0.25) is 4.79 Å². The van der Waals surface area contributed by atoms with Gasteiger partial charge < -0.3 is 10.1 Å². The summed E-state index contributed by atoms with van der Waals surface area (Å²) in [6.45, 7) is 2.87. The van der Waals surface area contributed by atoms with Gasteiger partial charge in [0.15, 0.2) is 0 Å². The molecule has 0 aromatic heterocycles. The van der Waals surface area contributed by atoms with Crippen LogP contribution in [-0.4, -0.2) is 19.1 Å². The van der Waals surface area contributed by atoms with E-state index in [1.165, 1.54) is 0 Å². The fourth-order valence-corrected chi connectivity index (χ4v) is 1.77. The van der Waals surface area contributed by atoms with Crippen LogP contribution >= 0.6 is 0 Å². The van der Waals surface area contributed by atoms with Gasteiger partial charge in [0.05, 0.1) is 6.54 Å². The Morgan fingerprint density at radius 1 is 1.05 bits per heavy atom. The maximum atomic E-state index is 11.9. The van der Waals surface area contributed by atoms with Gasteiger partial charge in [0.2, 0.25) is 0 Å². The van der Waals surface area contributed by atoms with Gasteiger partial charge in [-0.15, -0.1) is 0 Å². The first-order valence-corrected chi connectivity index (χ1v) is 6.29. The Morgan fingerprint density at radius 2 is 1.74 bits per heavy atom. The van der Waals surface area contributed by atoms with Crippen LogP contribution in [0.25, 0.3) is 0 Å². The highest BCUT2D eigenvalue weighted by molar-refractivity contribution is 5.95. The molecule has 0 spiro atoms. The predicted octanol–water partition coefficient (Wildman–Crippen LogP) is 2.80. The smallest absolute Gasteiger partial charge is 0.251 e. The van der Waals surface area contributed by atoms with Crippen LogP contribution in [0.4, 0.5) is 0 Å². The Balaban J connectivity index is 1.77. The number of hydrogen-bond acceptors (Lipinski definition) is 2. The third kappa shape index (κ3) is 3.85. The summed E-state index contributed by atoms with van der Waals surface area (Å²) in [6.07, 6.45) is 0. The zero-order valence-electron chi connectivity index (χ0n) is 10.9. The second-order valence-corrected chi connectivity index (χ2v) is 4.23. The minimum atomic E-state index is -0.0604. The molecule has 19 heavy (non-hydrogen) atoms. The summed E-state index contributed by atoms with van der Waals surface area (Å²) in [6, 6.07) is 17.1. The molecule has 2 aromatic carbocycles. The third-order valence-corrected chi connectivity index (χ3v) is 2.79. The van der Waals surface area contributed by atoms with E-state index in [0.29, 0.717) is 18.7 Å². The van der Waals surface area contributed by atoms with Crippen LogP contribution in [0.2, 0.25) is 0 Å². The average molecular weight is 255 g/mol. The molecule has 0 heterocycles. The van der Waals surface area contributed by atoms with E-state index >= 15 is 0 Å². The fourth-order valence-electron chi connectivity index (χ4n) is 1.77. The summed E-state index contributed by atoms with van der Waals surface area (Å²) in [5, 5.41) is 2.85. The van der Waals surface area contributed by atoms with E-state index in [4.69, 9.17) is 4.74 Å². The van der Waals surface area contributed by atoms with Gasteiger partial charge in [-0.25, -0.2) is 0 Å². The molecule has 2 rings (SSSR count). The molecule has 1 N–H and O–H groups in total. The Bertz CT molecular complexity index is 537. The molecular formula is C16H17NO2. The van der Waals surface area contributed by atoms with Crippen molar-refractivity contribution in [2.75, 3.05) is 13.2 Å². The number of rotatable bonds is 5. The molecule has 98 valence electrons. The van der Waals surface area contributed by atoms with Crippen LogP contribution in [0.15, 0.2) is 54.6 Å². The zero-order valence-corrected chi connectivity index (χ0v) is 10.9. The van der Waals surface area contributed by atoms with Crippen LogP contribution < -0.4 is 10.1 Å². The molecule has 0 aliphatic heterocycles. The number of ether oxygens (including phenoxy) is 1. The van der Waals surface area contributed by atoms with E-state index in [2.05, 4.69) is 5.32 Å². The molecule has 0 bridgehead atoms. The summed E-state index contributed by atoms with van der Waals surface area (Å²) in [7, 11) is 0. The second kappa shape index (κ2) is 6.59. The molecule has 0 aliphatic rings. The summed E-state index contributed by atoms with van der Waals surface area (Å²) >= 11 is 0. The van der Waals surface area contributed by atoms with E-state index in [9.17, 15) is 4.79 Å². The Labute approximate surface area is 113 Å². The molecule has 0 fully saturated rings. The number of carbonyl (C=O) groups is 1. The quantitative estimate of drug-likeness (QED) is 0.834. The van der Waals surface area contributed by atoms with Crippen LogP contribution in [0, 0.1) is 6.92 Å². The van der Waals surface area contributed by atoms with Crippen LogP contribution in [-0.2, 0) is 0 Å². The first-order chi connectivity index (χ1) is 9.27. The van der Waals surface area contributed by atoms with Crippen molar-refractivity contribution >= 4 is 5.91 Å². The lowest BCUT2D eigenvalue weighted by molar-refractivity contribution is 0.0946. The van der Waals surface area contributed by atoms with Gasteiger partial charge in [-0.05, 0) is 30.7 Å². The topological polar surface area (TPSA) is 38.3 Å². The maximum Gasteiger partial charge on any atom is 0.251 e. The summed E-state index contributed by atoms with van der Waals surface area (Å²) in [5.74, 6) is 0.752. The maximum absolute atomic E-state index is 11.9. The van der Waals surface area contributed by atoms with E-state index in [1.807, 2.05) is 61.5 Å². The first kappa shape index (κ1) is 13.1. The van der Waals surface area contributed by atoms with Crippen molar-refractivity contribution in [3.05, 3.63) is 65.7 Å². The summed E-state index contributed by atoms with van der Waals surface area (Å²) < 4.78 is 5.51. The van der Waals surface area contributed by atoms with Gasteiger partial charge in [0.25, 0.3) is 5.91 Å². The number of carbonyl (C=O) groups excluding carboxylic acids is 1. The molecule has 0 saturated heterocycles. The van der Waals surface area contributed by atoms with Gasteiger partial charge in [-0.1, -0.05) is 36.4 Å². The highest BCUT2D eigenvalue weighted by Gasteiger charge is 2.06. The van der Waals surface area contributed by atoms with E-state index < -0.39 is 0 Å². The molecule has 3 nitrogen and oxygen atoms in total. The van der Waals surface area contributed by atoms with Crippen molar-refractivity contribution in [2.24, 2.45) is 0 Å². The molecule has 2 aromatic rings. The number of aryl methyl sites for hydroxylation is 1. The van der Waals surface area contributed by atoms with E-state index in [-0.39, 0.29) is 5.91 Å². The largest absolute Gasteiger partial charge is 0.492 e. The SMILES string of the molecule is Cc1ccccc1C(=O)NCCOc1ccccc1. The average Bonchev–Trinajstić information content (AvgIpc) is 2.45. The lowest BCUT2D eigenvalue weighted by Crippen LogP contribution is -2.28. The van der Waals surface area contributed by atoms with Gasteiger partial charge in [0, 0.05) is 5.56 Å². The zero-order chi connectivity index (χ0) is 13.5. The molecule has 0 unspecified atom stereocenters. The standard InChI is InChI=1S/C16H17NO2/c1-13-7-5-6-10-15(13)16(18)17-11-12-19-14-8-3-2-4-9-14/h2-10H,11-12H2,1H3,(H,17,18). The van der Waals surface area contributed by atoms with Crippen molar-refractivity contribution in [1.29, 1.82) is 0 Å². The van der Waals surface area contributed by atoms with Crippen molar-refractivity contribution in [1.82, 2.24) is 5.32 Å². The van der Waals surface area contributed by atoms with Gasteiger partial charge in [0.1, 0.15) is 12.4 Å². The molecule has 3 heteroatoms.